The normalized spacial score (nSPS) is 16.3. The van der Waals surface area contributed by atoms with Gasteiger partial charge in [0.2, 0.25) is 5.91 Å². The molecule has 0 bridgehead atoms. The second-order valence-electron chi connectivity index (χ2n) is 8.10. The average Bonchev–Trinajstić information content (AvgIpc) is 3.31. The Hall–Kier alpha value is -3.32. The Kier molecular flexibility index (Phi) is 5.57. The van der Waals surface area contributed by atoms with Gasteiger partial charge in [0.05, 0.1) is 19.3 Å². The monoisotopic (exact) mass is 449 g/mol. The molecular weight excluding hydrogens is 426 g/mol. The zero-order valence-corrected chi connectivity index (χ0v) is 18.4. The molecule has 7 nitrogen and oxygen atoms in total. The largest absolute Gasteiger partial charge is 0.368 e. The maximum absolute atomic E-state index is 13.0. The van der Waals surface area contributed by atoms with Crippen molar-refractivity contribution in [3.05, 3.63) is 76.9 Å². The third-order valence-electron chi connectivity index (χ3n) is 6.11. The van der Waals surface area contributed by atoms with E-state index in [4.69, 9.17) is 11.6 Å². The molecule has 2 aliphatic rings. The lowest BCUT2D eigenvalue weighted by molar-refractivity contribution is -0.119. The first-order valence-electron chi connectivity index (χ1n) is 10.8. The number of fused-ring (bicyclic) bond motifs is 1. The quantitative estimate of drug-likeness (QED) is 0.612. The first kappa shape index (κ1) is 20.6. The molecule has 1 saturated heterocycles. The van der Waals surface area contributed by atoms with Gasteiger partial charge in [0.15, 0.2) is 0 Å². The number of halogens is 1. The van der Waals surface area contributed by atoms with Crippen LogP contribution < -0.4 is 9.80 Å². The molecule has 0 radical (unpaired) electrons. The second kappa shape index (κ2) is 8.67. The minimum absolute atomic E-state index is 0.0411. The number of amides is 2. The number of rotatable bonds is 4. The van der Waals surface area contributed by atoms with Crippen molar-refractivity contribution in [2.75, 3.05) is 36.0 Å². The van der Waals surface area contributed by atoms with E-state index in [1.54, 1.807) is 11.1 Å². The van der Waals surface area contributed by atoms with Crippen LogP contribution in [-0.4, -0.2) is 52.7 Å². The molecule has 0 atom stereocenters. The molecule has 2 amide bonds. The maximum atomic E-state index is 13.0. The fraction of sp³-hybridized carbons (Fsp3) is 0.292. The Morgan fingerprint density at radius 1 is 0.906 bits per heavy atom. The van der Waals surface area contributed by atoms with Crippen LogP contribution in [0.5, 0.6) is 0 Å². The van der Waals surface area contributed by atoms with Crippen molar-refractivity contribution < 1.29 is 9.59 Å². The molecule has 8 heteroatoms. The summed E-state index contributed by atoms with van der Waals surface area (Å²) in [5.41, 5.74) is 2.78. The molecule has 1 aromatic heterocycles. The molecule has 5 rings (SSSR count). The summed E-state index contributed by atoms with van der Waals surface area (Å²) in [5.74, 6) is 0.955. The van der Waals surface area contributed by atoms with Crippen LogP contribution >= 0.6 is 11.6 Å². The zero-order chi connectivity index (χ0) is 22.1. The van der Waals surface area contributed by atoms with E-state index >= 15 is 0 Å². The standard InChI is InChI=1S/C24H24ClN5O2/c25-20-5-7-21(8-6-20)27-13-15-28(16-14-27)24(32)19-3-1-18(2-4-19)17-29-22-9-11-26-30(22)12-10-23(29)31/h1-9,11H,10,12-17H2. The summed E-state index contributed by atoms with van der Waals surface area (Å²) in [6, 6.07) is 17.2. The molecule has 0 aliphatic carbocycles. The van der Waals surface area contributed by atoms with Gasteiger partial charge in [-0.25, -0.2) is 4.68 Å². The molecule has 1 fully saturated rings. The molecule has 2 aliphatic heterocycles. The first-order valence-corrected chi connectivity index (χ1v) is 11.2. The molecule has 164 valence electrons. The summed E-state index contributed by atoms with van der Waals surface area (Å²) in [4.78, 5) is 31.3. The number of nitrogens with zero attached hydrogens (tertiary/aromatic N) is 5. The highest BCUT2D eigenvalue weighted by molar-refractivity contribution is 6.30. The summed E-state index contributed by atoms with van der Waals surface area (Å²) >= 11 is 5.98. The van der Waals surface area contributed by atoms with Crippen molar-refractivity contribution in [2.24, 2.45) is 0 Å². The van der Waals surface area contributed by atoms with Crippen LogP contribution in [0.3, 0.4) is 0 Å². The Morgan fingerprint density at radius 3 is 2.34 bits per heavy atom. The van der Waals surface area contributed by atoms with Crippen LogP contribution in [0.4, 0.5) is 11.5 Å². The molecule has 0 spiro atoms. The molecular formula is C24H24ClN5O2. The van der Waals surface area contributed by atoms with E-state index in [9.17, 15) is 9.59 Å². The van der Waals surface area contributed by atoms with E-state index in [1.807, 2.05) is 64.2 Å². The number of benzene rings is 2. The van der Waals surface area contributed by atoms with E-state index in [0.29, 0.717) is 38.2 Å². The van der Waals surface area contributed by atoms with Crippen molar-refractivity contribution in [1.82, 2.24) is 14.7 Å². The van der Waals surface area contributed by atoms with Gasteiger partial charge in [0.25, 0.3) is 5.91 Å². The third-order valence-corrected chi connectivity index (χ3v) is 6.36. The van der Waals surface area contributed by atoms with Gasteiger partial charge in [-0.3, -0.25) is 14.5 Å². The number of aryl methyl sites for hydroxylation is 1. The Morgan fingerprint density at radius 2 is 1.62 bits per heavy atom. The van der Waals surface area contributed by atoms with Crippen LogP contribution in [0.1, 0.15) is 22.3 Å². The summed E-state index contributed by atoms with van der Waals surface area (Å²) in [6.45, 7) is 4.02. The van der Waals surface area contributed by atoms with Gasteiger partial charge in [-0.15, -0.1) is 0 Å². The summed E-state index contributed by atoms with van der Waals surface area (Å²) in [7, 11) is 0. The number of carbonyl (C=O) groups is 2. The molecule has 2 aromatic carbocycles. The lowest BCUT2D eigenvalue weighted by atomic mass is 10.1. The minimum Gasteiger partial charge on any atom is -0.368 e. The van der Waals surface area contributed by atoms with E-state index in [1.165, 1.54) is 0 Å². The van der Waals surface area contributed by atoms with Crippen LogP contribution in [-0.2, 0) is 17.9 Å². The molecule has 0 saturated carbocycles. The van der Waals surface area contributed by atoms with E-state index in [2.05, 4.69) is 10.00 Å². The SMILES string of the molecule is O=C(c1ccc(CN2C(=O)CCn3nccc32)cc1)N1CCN(c2ccc(Cl)cc2)CC1. The van der Waals surface area contributed by atoms with Gasteiger partial charge in [-0.05, 0) is 42.0 Å². The number of piperazine rings is 1. The number of anilines is 2. The van der Waals surface area contributed by atoms with E-state index in [0.717, 1.165) is 35.2 Å². The van der Waals surface area contributed by atoms with Gasteiger partial charge in [-0.2, -0.15) is 5.10 Å². The lowest BCUT2D eigenvalue weighted by Gasteiger charge is -2.36. The van der Waals surface area contributed by atoms with Gasteiger partial charge in [0.1, 0.15) is 5.82 Å². The molecule has 3 aromatic rings. The van der Waals surface area contributed by atoms with Crippen molar-refractivity contribution in [1.29, 1.82) is 0 Å². The van der Waals surface area contributed by atoms with Crippen LogP contribution in [0.2, 0.25) is 5.02 Å². The third kappa shape index (κ3) is 4.08. The van der Waals surface area contributed by atoms with Gasteiger partial charge in [0, 0.05) is 54.9 Å². The highest BCUT2D eigenvalue weighted by Gasteiger charge is 2.25. The Balaban J connectivity index is 1.21. The molecule has 0 N–H and O–H groups in total. The topological polar surface area (TPSA) is 61.7 Å². The summed E-state index contributed by atoms with van der Waals surface area (Å²) in [6.07, 6.45) is 2.17. The fourth-order valence-corrected chi connectivity index (χ4v) is 4.42. The minimum atomic E-state index is 0.0411. The fourth-order valence-electron chi connectivity index (χ4n) is 4.30. The Bertz CT molecular complexity index is 1120. The first-order chi connectivity index (χ1) is 15.6. The van der Waals surface area contributed by atoms with Gasteiger partial charge >= 0.3 is 0 Å². The van der Waals surface area contributed by atoms with E-state index in [-0.39, 0.29) is 11.8 Å². The van der Waals surface area contributed by atoms with Crippen LogP contribution in [0.25, 0.3) is 0 Å². The predicted molar refractivity (Wildman–Crippen MR) is 124 cm³/mol. The second-order valence-corrected chi connectivity index (χ2v) is 8.53. The van der Waals surface area contributed by atoms with Crippen molar-refractivity contribution >= 4 is 34.9 Å². The lowest BCUT2D eigenvalue weighted by Crippen LogP contribution is -2.48. The number of aromatic nitrogens is 2. The van der Waals surface area contributed by atoms with Crippen molar-refractivity contribution in [3.8, 4) is 0 Å². The maximum Gasteiger partial charge on any atom is 0.253 e. The highest BCUT2D eigenvalue weighted by atomic mass is 35.5. The molecule has 0 unspecified atom stereocenters. The average molecular weight is 450 g/mol. The van der Waals surface area contributed by atoms with Gasteiger partial charge < -0.3 is 9.80 Å². The molecule has 32 heavy (non-hydrogen) atoms. The summed E-state index contributed by atoms with van der Waals surface area (Å²) in [5, 5.41) is 4.99. The number of hydrogen-bond acceptors (Lipinski definition) is 4. The van der Waals surface area contributed by atoms with Gasteiger partial charge in [-0.1, -0.05) is 23.7 Å². The van der Waals surface area contributed by atoms with E-state index < -0.39 is 0 Å². The molecule has 3 heterocycles. The van der Waals surface area contributed by atoms with Crippen LogP contribution in [0.15, 0.2) is 60.8 Å². The zero-order valence-electron chi connectivity index (χ0n) is 17.7. The number of carbonyl (C=O) groups excluding carboxylic acids is 2. The Labute approximate surface area is 191 Å². The highest BCUT2D eigenvalue weighted by Crippen LogP contribution is 2.24. The van der Waals surface area contributed by atoms with Crippen molar-refractivity contribution in [3.63, 3.8) is 0 Å². The summed E-state index contributed by atoms with van der Waals surface area (Å²) < 4.78 is 1.85. The smallest absolute Gasteiger partial charge is 0.253 e. The van der Waals surface area contributed by atoms with Crippen LogP contribution in [0, 0.1) is 0 Å². The number of hydrogen-bond donors (Lipinski definition) is 0. The predicted octanol–water partition coefficient (Wildman–Crippen LogP) is 3.44. The van der Waals surface area contributed by atoms with Crippen molar-refractivity contribution in [2.45, 2.75) is 19.5 Å².